The van der Waals surface area contributed by atoms with Crippen LogP contribution in [0.3, 0.4) is 0 Å². The van der Waals surface area contributed by atoms with Crippen LogP contribution in [0, 0.1) is 0 Å². The maximum Gasteiger partial charge on any atom is 0.321 e. The van der Waals surface area contributed by atoms with E-state index < -0.39 is 38.4 Å². The number of ether oxygens (including phenoxy) is 1. The predicted octanol–water partition coefficient (Wildman–Crippen LogP) is 2.05. The SMILES string of the molecule is CC(C(=O)O)S(=O)(=O)C(/C=C/c1ccccc1)C1CCCC(=O)O1. The number of hydrogen-bond donors (Lipinski definition) is 1. The summed E-state index contributed by atoms with van der Waals surface area (Å²) < 4.78 is 30.5. The van der Waals surface area contributed by atoms with Crippen molar-refractivity contribution in [1.29, 1.82) is 0 Å². The van der Waals surface area contributed by atoms with E-state index in [1.807, 2.05) is 18.2 Å². The minimum absolute atomic E-state index is 0.250. The van der Waals surface area contributed by atoms with Gasteiger partial charge in [-0.3, -0.25) is 9.59 Å². The summed E-state index contributed by atoms with van der Waals surface area (Å²) in [5.74, 6) is -1.88. The fourth-order valence-corrected chi connectivity index (χ4v) is 4.22. The van der Waals surface area contributed by atoms with Crippen LogP contribution in [0.2, 0.25) is 0 Å². The van der Waals surface area contributed by atoms with Crippen molar-refractivity contribution in [2.24, 2.45) is 0 Å². The minimum Gasteiger partial charge on any atom is -0.480 e. The highest BCUT2D eigenvalue weighted by Crippen LogP contribution is 2.25. The average Bonchev–Trinajstić information content (AvgIpc) is 2.55. The van der Waals surface area contributed by atoms with E-state index in [4.69, 9.17) is 9.84 Å². The van der Waals surface area contributed by atoms with Crippen molar-refractivity contribution in [3.05, 3.63) is 42.0 Å². The largest absolute Gasteiger partial charge is 0.480 e. The number of carboxylic acids is 1. The lowest BCUT2D eigenvalue weighted by molar-refractivity contribution is -0.153. The van der Waals surface area contributed by atoms with Gasteiger partial charge in [-0.1, -0.05) is 42.5 Å². The number of carboxylic acid groups (broad SMARTS) is 1. The van der Waals surface area contributed by atoms with Crippen molar-refractivity contribution in [3.63, 3.8) is 0 Å². The Labute approximate surface area is 141 Å². The standard InChI is InChI=1S/C17H20O6S/c1-12(17(19)20)24(21,22)15(14-8-5-9-16(18)23-14)11-10-13-6-3-2-4-7-13/h2-4,6-7,10-12,14-15H,5,8-9H2,1H3,(H,19,20)/b11-10+. The Morgan fingerprint density at radius 2 is 2.00 bits per heavy atom. The third-order valence-corrected chi connectivity index (χ3v) is 6.42. The van der Waals surface area contributed by atoms with Gasteiger partial charge in [0.2, 0.25) is 0 Å². The molecule has 3 unspecified atom stereocenters. The number of carbonyl (C=O) groups excluding carboxylic acids is 1. The second-order valence-corrected chi connectivity index (χ2v) is 8.15. The summed E-state index contributed by atoms with van der Waals surface area (Å²) in [4.78, 5) is 22.7. The van der Waals surface area contributed by atoms with Gasteiger partial charge in [-0.15, -0.1) is 0 Å². The lowest BCUT2D eigenvalue weighted by Gasteiger charge is -2.29. The van der Waals surface area contributed by atoms with E-state index in [0.717, 1.165) is 12.5 Å². The molecule has 1 aromatic rings. The molecule has 1 N–H and O–H groups in total. The smallest absolute Gasteiger partial charge is 0.321 e. The first kappa shape index (κ1) is 18.2. The molecule has 0 saturated carbocycles. The zero-order valence-electron chi connectivity index (χ0n) is 13.3. The predicted molar refractivity (Wildman–Crippen MR) is 89.0 cm³/mol. The molecule has 0 aromatic heterocycles. The molecule has 1 aliphatic rings. The Kier molecular flexibility index (Phi) is 5.77. The van der Waals surface area contributed by atoms with Gasteiger partial charge in [0.15, 0.2) is 15.1 Å². The fraction of sp³-hybridized carbons (Fsp3) is 0.412. The topological polar surface area (TPSA) is 97.7 Å². The van der Waals surface area contributed by atoms with E-state index in [1.54, 1.807) is 18.2 Å². The molecule has 3 atom stereocenters. The van der Waals surface area contributed by atoms with E-state index >= 15 is 0 Å². The van der Waals surface area contributed by atoms with Gasteiger partial charge in [0.25, 0.3) is 0 Å². The molecule has 1 heterocycles. The molecule has 1 aliphatic heterocycles. The molecule has 1 fully saturated rings. The van der Waals surface area contributed by atoms with E-state index in [0.29, 0.717) is 12.8 Å². The molecule has 6 nitrogen and oxygen atoms in total. The molecule has 24 heavy (non-hydrogen) atoms. The number of rotatable bonds is 6. The molecule has 0 radical (unpaired) electrons. The van der Waals surface area contributed by atoms with Gasteiger partial charge in [-0.25, -0.2) is 8.42 Å². The lowest BCUT2D eigenvalue weighted by Crippen LogP contribution is -2.44. The van der Waals surface area contributed by atoms with Gasteiger partial charge in [0, 0.05) is 6.42 Å². The van der Waals surface area contributed by atoms with Gasteiger partial charge in [0.1, 0.15) is 11.4 Å². The maximum atomic E-state index is 12.7. The summed E-state index contributed by atoms with van der Waals surface area (Å²) in [6, 6.07) is 9.05. The first-order valence-electron chi connectivity index (χ1n) is 7.70. The van der Waals surface area contributed by atoms with E-state index in [-0.39, 0.29) is 6.42 Å². The summed E-state index contributed by atoms with van der Waals surface area (Å²) in [5, 5.41) is 6.32. The molecule has 1 saturated heterocycles. The summed E-state index contributed by atoms with van der Waals surface area (Å²) in [5.41, 5.74) is 0.780. The average molecular weight is 352 g/mol. The molecule has 1 aromatic carbocycles. The van der Waals surface area contributed by atoms with Crippen molar-refractivity contribution in [2.45, 2.75) is 42.8 Å². The maximum absolute atomic E-state index is 12.7. The summed E-state index contributed by atoms with van der Waals surface area (Å²) in [7, 11) is -4.06. The second kappa shape index (κ2) is 7.61. The molecular formula is C17H20O6S. The number of carbonyl (C=O) groups is 2. The summed E-state index contributed by atoms with van der Waals surface area (Å²) >= 11 is 0. The van der Waals surface area contributed by atoms with Gasteiger partial charge < -0.3 is 9.84 Å². The van der Waals surface area contributed by atoms with E-state index in [1.165, 1.54) is 6.08 Å². The lowest BCUT2D eigenvalue weighted by atomic mass is 10.0. The molecule has 2 rings (SSSR count). The summed E-state index contributed by atoms with van der Waals surface area (Å²) in [6.45, 7) is 1.13. The van der Waals surface area contributed by atoms with Gasteiger partial charge in [0.05, 0.1) is 0 Å². The van der Waals surface area contributed by atoms with Crippen molar-refractivity contribution >= 4 is 27.9 Å². The van der Waals surface area contributed by atoms with Crippen LogP contribution in [0.15, 0.2) is 36.4 Å². The normalized spacial score (nSPS) is 21.2. The first-order valence-corrected chi connectivity index (χ1v) is 9.31. The molecule has 0 spiro atoms. The number of benzene rings is 1. The van der Waals surface area contributed by atoms with Crippen LogP contribution in [0.5, 0.6) is 0 Å². The van der Waals surface area contributed by atoms with Crippen LogP contribution in [0.1, 0.15) is 31.7 Å². The minimum atomic E-state index is -4.06. The number of cyclic esters (lactones) is 1. The highest BCUT2D eigenvalue weighted by molar-refractivity contribution is 7.93. The van der Waals surface area contributed by atoms with Crippen molar-refractivity contribution < 1.29 is 27.9 Å². The Bertz CT molecular complexity index is 723. The molecule has 130 valence electrons. The van der Waals surface area contributed by atoms with E-state index in [9.17, 15) is 18.0 Å². The van der Waals surface area contributed by atoms with Gasteiger partial charge in [-0.05, 0) is 25.3 Å². The number of hydrogen-bond acceptors (Lipinski definition) is 5. The zero-order valence-corrected chi connectivity index (χ0v) is 14.1. The van der Waals surface area contributed by atoms with Crippen molar-refractivity contribution in [2.75, 3.05) is 0 Å². The third-order valence-electron chi connectivity index (χ3n) is 4.02. The van der Waals surface area contributed by atoms with Crippen molar-refractivity contribution in [1.82, 2.24) is 0 Å². The monoisotopic (exact) mass is 352 g/mol. The Morgan fingerprint density at radius 3 is 2.58 bits per heavy atom. The number of sulfone groups is 1. The zero-order chi connectivity index (χ0) is 17.7. The first-order chi connectivity index (χ1) is 11.3. The highest BCUT2D eigenvalue weighted by Gasteiger charge is 2.41. The Morgan fingerprint density at radius 1 is 1.33 bits per heavy atom. The number of esters is 1. The third kappa shape index (κ3) is 4.23. The highest BCUT2D eigenvalue weighted by atomic mass is 32.2. The van der Waals surface area contributed by atoms with Crippen LogP contribution in [0.4, 0.5) is 0 Å². The van der Waals surface area contributed by atoms with E-state index in [2.05, 4.69) is 0 Å². The van der Waals surface area contributed by atoms with Crippen LogP contribution >= 0.6 is 0 Å². The fourth-order valence-electron chi connectivity index (χ4n) is 2.56. The van der Waals surface area contributed by atoms with Gasteiger partial charge >= 0.3 is 11.9 Å². The van der Waals surface area contributed by atoms with Crippen molar-refractivity contribution in [3.8, 4) is 0 Å². The Hall–Kier alpha value is -2.15. The quantitative estimate of drug-likeness (QED) is 0.787. The molecule has 7 heteroatoms. The van der Waals surface area contributed by atoms with Crippen LogP contribution in [-0.2, 0) is 24.2 Å². The second-order valence-electron chi connectivity index (χ2n) is 5.72. The molecular weight excluding hydrogens is 332 g/mol. The van der Waals surface area contributed by atoms with Crippen LogP contribution in [0.25, 0.3) is 6.08 Å². The van der Waals surface area contributed by atoms with Crippen LogP contribution in [-0.4, -0.2) is 42.1 Å². The number of aliphatic carboxylic acids is 1. The van der Waals surface area contributed by atoms with Gasteiger partial charge in [-0.2, -0.15) is 0 Å². The molecule has 0 amide bonds. The van der Waals surface area contributed by atoms with Crippen LogP contribution < -0.4 is 0 Å². The summed E-state index contributed by atoms with van der Waals surface area (Å²) in [6.07, 6.45) is 3.34. The molecule has 0 bridgehead atoms. The Balaban J connectivity index is 2.36. The molecule has 0 aliphatic carbocycles.